The first-order chi connectivity index (χ1) is 12.2. The van der Waals surface area contributed by atoms with Gasteiger partial charge in [-0.2, -0.15) is 1.33 Å². The molecule has 0 aliphatic heterocycles. The maximum absolute atomic E-state index is 12.0. The molecule has 2 heterocycles. The Morgan fingerprint density at radius 1 is 0.885 bits per heavy atom. The van der Waals surface area contributed by atoms with E-state index in [1.807, 2.05) is 18.7 Å². The number of rotatable bonds is 1. The van der Waals surface area contributed by atoms with Crippen molar-refractivity contribution in [3.63, 3.8) is 0 Å². The fourth-order valence-electron chi connectivity index (χ4n) is 3.34. The van der Waals surface area contributed by atoms with E-state index in [2.05, 4.69) is 66.4 Å². The van der Waals surface area contributed by atoms with E-state index in [4.69, 9.17) is 0 Å². The molecule has 2 aromatic heterocycles. The monoisotopic (exact) mass is 768 g/mol. The molecular weight excluding hydrogens is 743 g/mol. The molecule has 10 heteroatoms. The van der Waals surface area contributed by atoms with Crippen LogP contribution in [-0.2, 0) is 47.5 Å². The summed E-state index contributed by atoms with van der Waals surface area (Å²) in [4.78, 5) is 23.8. The number of hydrogen-bond acceptors (Lipinski definition) is 3. The van der Waals surface area contributed by atoms with Gasteiger partial charge in [0.25, 0.3) is 0 Å². The van der Waals surface area contributed by atoms with Crippen molar-refractivity contribution in [1.82, 2.24) is 19.6 Å². The average Bonchev–Trinajstić information content (AvgIpc) is 2.83. The molecule has 0 radical (unpaired) electrons. The molecule has 3 rings (SSSR count). The van der Waals surface area contributed by atoms with Crippen LogP contribution in [0.3, 0.4) is 0 Å². The maximum atomic E-state index is 12.0. The minimum Gasteiger partial charge on any atom is -0.185 e. The number of halogens is 2. The van der Waals surface area contributed by atoms with E-state index in [0.29, 0.717) is 11.2 Å². The first-order valence-corrected chi connectivity index (χ1v) is 11.6. The largest absolute Gasteiger partial charge is 0.185 e. The van der Waals surface area contributed by atoms with Gasteiger partial charge in [0.2, 0.25) is 0 Å². The van der Waals surface area contributed by atoms with E-state index >= 15 is 0 Å². The number of aryl methyl sites for hydroxylation is 3. The van der Waals surface area contributed by atoms with Crippen LogP contribution in [0, 0.1) is 3.80 Å². The van der Waals surface area contributed by atoms with Crippen molar-refractivity contribution in [3.05, 3.63) is 24.6 Å². The molecule has 0 spiro atoms. The SMILES string of the molecule is Cn1c(=O)c2c(n(C)c1=O)n(C)[c](=[Pt])n2C.IN(I)C1CCCCCC1. The fourth-order valence-corrected chi connectivity index (χ4v) is 4.95. The molecular formula is C16H25I2N5O2Pt. The van der Waals surface area contributed by atoms with Crippen LogP contribution in [-0.4, -0.2) is 25.6 Å². The topological polar surface area (TPSA) is 57.1 Å². The van der Waals surface area contributed by atoms with Gasteiger partial charge in [-0.25, -0.2) is 0 Å². The number of fused-ring (bicyclic) bond motifs is 1. The Bertz CT molecular complexity index is 949. The quantitative estimate of drug-likeness (QED) is 0.255. The molecule has 1 fully saturated rings. The number of hydrogen-bond donors (Lipinski definition) is 0. The van der Waals surface area contributed by atoms with E-state index in [1.54, 1.807) is 11.6 Å². The molecule has 0 amide bonds. The molecule has 7 nitrogen and oxygen atoms in total. The molecule has 0 N–H and O–H groups in total. The molecule has 2 aromatic rings. The van der Waals surface area contributed by atoms with Gasteiger partial charge in [0, 0.05) is 51.8 Å². The van der Waals surface area contributed by atoms with Gasteiger partial charge in [-0.1, -0.05) is 25.7 Å². The van der Waals surface area contributed by atoms with Gasteiger partial charge in [-0.15, -0.1) is 0 Å². The zero-order chi connectivity index (χ0) is 19.6. The van der Waals surface area contributed by atoms with Crippen LogP contribution in [0.15, 0.2) is 9.59 Å². The molecule has 0 atom stereocenters. The van der Waals surface area contributed by atoms with Crippen LogP contribution in [0.1, 0.15) is 38.5 Å². The van der Waals surface area contributed by atoms with Gasteiger partial charge >= 0.3 is 102 Å². The number of imidazole rings is 1. The van der Waals surface area contributed by atoms with Gasteiger partial charge < -0.3 is 0 Å². The molecule has 150 valence electrons. The summed E-state index contributed by atoms with van der Waals surface area (Å²) >= 11 is 6.92. The molecule has 1 saturated carbocycles. The van der Waals surface area contributed by atoms with E-state index in [9.17, 15) is 9.59 Å². The molecule has 26 heavy (non-hydrogen) atoms. The second kappa shape index (κ2) is 9.64. The Morgan fingerprint density at radius 2 is 1.42 bits per heavy atom. The van der Waals surface area contributed by atoms with E-state index in [-0.39, 0.29) is 11.2 Å². The molecule has 0 bridgehead atoms. The van der Waals surface area contributed by atoms with Gasteiger partial charge in [0.1, 0.15) is 0 Å². The van der Waals surface area contributed by atoms with Crippen LogP contribution in [0.5, 0.6) is 0 Å². The molecule has 0 saturated heterocycles. The zero-order valence-electron chi connectivity index (χ0n) is 15.4. The van der Waals surface area contributed by atoms with Gasteiger partial charge in [0.15, 0.2) is 0 Å². The normalized spacial score (nSPS) is 15.9. The van der Waals surface area contributed by atoms with Crippen LogP contribution >= 0.6 is 45.7 Å². The molecule has 0 unspecified atom stereocenters. The Kier molecular flexibility index (Phi) is 8.36. The Hall–Kier alpha value is 0.258. The van der Waals surface area contributed by atoms with Crippen molar-refractivity contribution in [1.29, 1.82) is 0 Å². The second-order valence-corrected chi connectivity index (χ2v) is 11.6. The third-order valence-electron chi connectivity index (χ3n) is 4.88. The minimum absolute atomic E-state index is 0.264. The van der Waals surface area contributed by atoms with Crippen molar-refractivity contribution in [2.75, 3.05) is 0 Å². The van der Waals surface area contributed by atoms with Crippen molar-refractivity contribution in [2.45, 2.75) is 44.6 Å². The summed E-state index contributed by atoms with van der Waals surface area (Å²) in [6.07, 6.45) is 8.60. The minimum atomic E-state index is -0.310. The van der Waals surface area contributed by atoms with Crippen LogP contribution < -0.4 is 11.2 Å². The first-order valence-electron chi connectivity index (χ1n) is 8.56. The summed E-state index contributed by atoms with van der Waals surface area (Å²) in [6, 6.07) is 0.851. The van der Waals surface area contributed by atoms with Crippen molar-refractivity contribution in [3.8, 4) is 0 Å². The average molecular weight is 768 g/mol. The predicted octanol–water partition coefficient (Wildman–Crippen LogP) is 2.70. The zero-order valence-corrected chi connectivity index (χ0v) is 22.0. The maximum Gasteiger partial charge on any atom is 0.0311 e. The predicted molar refractivity (Wildman–Crippen MR) is 117 cm³/mol. The number of aromatic nitrogens is 4. The third-order valence-corrected chi connectivity index (χ3v) is 7.98. The van der Waals surface area contributed by atoms with Gasteiger partial charge in [-0.05, 0) is 12.8 Å². The molecule has 1 aliphatic carbocycles. The summed E-state index contributed by atoms with van der Waals surface area (Å²) in [7, 11) is 6.81. The van der Waals surface area contributed by atoms with E-state index in [1.165, 1.54) is 50.1 Å². The molecule has 1 aliphatic rings. The van der Waals surface area contributed by atoms with Crippen LogP contribution in [0.25, 0.3) is 11.2 Å². The summed E-state index contributed by atoms with van der Waals surface area (Å²) in [5, 5.41) is 0. The smallest absolute Gasteiger partial charge is 0.0311 e. The van der Waals surface area contributed by atoms with Crippen LogP contribution in [0.4, 0.5) is 0 Å². The third kappa shape index (κ3) is 4.63. The van der Waals surface area contributed by atoms with Gasteiger partial charge in [-0.3, -0.25) is 0 Å². The van der Waals surface area contributed by atoms with Crippen LogP contribution in [0.2, 0.25) is 0 Å². The second-order valence-electron chi connectivity index (χ2n) is 6.64. The standard InChI is InChI=1S/C9H12N4O2.C7H13I2N.Pt/c1-10-5-11(2)7-6(10)8(14)13(4)9(15)12(7)3;8-10(9)7-5-3-1-2-4-6-7;/h1-4H3;7H,1-6H2;. The fraction of sp³-hybridized carbons (Fsp3) is 0.688. The Labute approximate surface area is 191 Å². The van der Waals surface area contributed by atoms with E-state index in [0.717, 1.165) is 14.4 Å². The summed E-state index contributed by atoms with van der Waals surface area (Å²) < 4.78 is 9.45. The summed E-state index contributed by atoms with van der Waals surface area (Å²) in [6.45, 7) is 0. The van der Waals surface area contributed by atoms with E-state index < -0.39 is 0 Å². The van der Waals surface area contributed by atoms with Crippen molar-refractivity contribution >= 4 is 56.9 Å². The molecule has 0 aromatic carbocycles. The summed E-state index contributed by atoms with van der Waals surface area (Å²) in [5.74, 6) is 0. The van der Waals surface area contributed by atoms with Gasteiger partial charge in [0.05, 0.1) is 0 Å². The Balaban J connectivity index is 0.000000209. The number of nitrogens with zero attached hydrogens (tertiary/aromatic N) is 5. The summed E-state index contributed by atoms with van der Waals surface area (Å²) in [5.41, 5.74) is 0.604. The van der Waals surface area contributed by atoms with Crippen molar-refractivity contribution in [2.24, 2.45) is 28.2 Å². The first kappa shape index (κ1) is 22.5. The van der Waals surface area contributed by atoms with Crippen molar-refractivity contribution < 1.29 is 19.4 Å². The Morgan fingerprint density at radius 3 is 1.92 bits per heavy atom.